The van der Waals surface area contributed by atoms with Crippen LogP contribution in [0.25, 0.3) is 0 Å². The van der Waals surface area contributed by atoms with Crippen LogP contribution in [-0.4, -0.2) is 46.2 Å². The molecule has 1 N–H and O–H groups in total. The van der Waals surface area contributed by atoms with E-state index in [1.807, 2.05) is 13.8 Å². The first-order valence-corrected chi connectivity index (χ1v) is 7.93. The van der Waals surface area contributed by atoms with Crippen molar-refractivity contribution in [1.29, 1.82) is 0 Å². The summed E-state index contributed by atoms with van der Waals surface area (Å²) in [5.41, 5.74) is 1.33. The lowest BCUT2D eigenvalue weighted by molar-refractivity contribution is 0.0564. The van der Waals surface area contributed by atoms with Crippen molar-refractivity contribution in [2.24, 2.45) is 0 Å². The average molecular weight is 341 g/mol. The van der Waals surface area contributed by atoms with E-state index in [9.17, 15) is 4.79 Å². The second-order valence-electron chi connectivity index (χ2n) is 5.06. The molecule has 1 aromatic rings. The van der Waals surface area contributed by atoms with Gasteiger partial charge in [-0.25, -0.2) is 4.79 Å². The Morgan fingerprint density at radius 3 is 2.42 bits per heavy atom. The number of rotatable bonds is 10. The number of anilines is 1. The lowest BCUT2D eigenvalue weighted by Gasteiger charge is -2.18. The van der Waals surface area contributed by atoms with Gasteiger partial charge in [0, 0.05) is 31.5 Å². The van der Waals surface area contributed by atoms with Gasteiger partial charge in [-0.2, -0.15) is 0 Å². The molecule has 0 radical (unpaired) electrons. The molecule has 7 nitrogen and oxygen atoms in total. The van der Waals surface area contributed by atoms with Crippen molar-refractivity contribution in [3.8, 4) is 11.5 Å². The Labute approximate surface area is 143 Å². The maximum Gasteiger partial charge on any atom is 0.411 e. The van der Waals surface area contributed by atoms with Crippen LogP contribution in [0.4, 0.5) is 10.5 Å². The predicted octanol–water partition coefficient (Wildman–Crippen LogP) is 3.21. The first-order chi connectivity index (χ1) is 11.5. The minimum atomic E-state index is -0.561. The van der Waals surface area contributed by atoms with Crippen molar-refractivity contribution in [1.82, 2.24) is 0 Å². The van der Waals surface area contributed by atoms with Gasteiger partial charge in [-0.15, -0.1) is 0 Å². The average Bonchev–Trinajstić information content (AvgIpc) is 2.51. The third-order valence-corrected chi connectivity index (χ3v) is 2.98. The van der Waals surface area contributed by atoms with E-state index in [4.69, 9.17) is 23.7 Å². The summed E-state index contributed by atoms with van der Waals surface area (Å²) < 4.78 is 26.6. The number of carbonyl (C=O) groups excluding carboxylic acids is 1. The van der Waals surface area contributed by atoms with Crippen LogP contribution < -0.4 is 14.8 Å². The second kappa shape index (κ2) is 10.7. The number of carbonyl (C=O) groups is 1. The number of hydrogen-bond acceptors (Lipinski definition) is 6. The van der Waals surface area contributed by atoms with Crippen LogP contribution in [0.15, 0.2) is 12.1 Å². The van der Waals surface area contributed by atoms with Crippen molar-refractivity contribution >= 4 is 11.8 Å². The fourth-order valence-electron chi connectivity index (χ4n) is 2.16. The number of hydrogen-bond donors (Lipinski definition) is 1. The maximum absolute atomic E-state index is 12.0. The van der Waals surface area contributed by atoms with Gasteiger partial charge < -0.3 is 23.7 Å². The maximum atomic E-state index is 12.0. The van der Waals surface area contributed by atoms with E-state index in [2.05, 4.69) is 5.32 Å². The third kappa shape index (κ3) is 6.25. The van der Waals surface area contributed by atoms with Crippen LogP contribution in [0.2, 0.25) is 0 Å². The van der Waals surface area contributed by atoms with E-state index in [1.165, 1.54) is 0 Å². The first-order valence-electron chi connectivity index (χ1n) is 7.93. The molecule has 1 amide bonds. The Bertz CT molecular complexity index is 493. The van der Waals surface area contributed by atoms with Gasteiger partial charge in [0.1, 0.15) is 6.10 Å². The fraction of sp³-hybridized carbons (Fsp3) is 0.588. The summed E-state index contributed by atoms with van der Waals surface area (Å²) in [6.07, 6.45) is -0.906. The van der Waals surface area contributed by atoms with Crippen LogP contribution in [0.1, 0.15) is 26.3 Å². The lowest BCUT2D eigenvalue weighted by atomic mass is 10.1. The summed E-state index contributed by atoms with van der Waals surface area (Å²) in [5, 5.41) is 2.69. The number of amides is 1. The summed E-state index contributed by atoms with van der Waals surface area (Å²) in [5.74, 6) is 1.17. The quantitative estimate of drug-likeness (QED) is 0.704. The van der Waals surface area contributed by atoms with Crippen LogP contribution >= 0.6 is 0 Å². The van der Waals surface area contributed by atoms with E-state index in [0.717, 1.165) is 5.56 Å². The number of ether oxygens (including phenoxy) is 5. The largest absolute Gasteiger partial charge is 0.490 e. The van der Waals surface area contributed by atoms with Gasteiger partial charge in [0.15, 0.2) is 11.5 Å². The van der Waals surface area contributed by atoms with Gasteiger partial charge in [0.25, 0.3) is 0 Å². The Morgan fingerprint density at radius 1 is 1.12 bits per heavy atom. The molecule has 0 saturated carbocycles. The Morgan fingerprint density at radius 2 is 1.83 bits per heavy atom. The summed E-state index contributed by atoms with van der Waals surface area (Å²) in [4.78, 5) is 12.0. The zero-order valence-corrected chi connectivity index (χ0v) is 15.0. The van der Waals surface area contributed by atoms with Crippen LogP contribution in [0.5, 0.6) is 11.5 Å². The molecule has 0 heterocycles. The monoisotopic (exact) mass is 341 g/mol. The van der Waals surface area contributed by atoms with E-state index in [0.29, 0.717) is 43.6 Å². The minimum Gasteiger partial charge on any atom is -0.490 e. The predicted molar refractivity (Wildman–Crippen MR) is 90.9 cm³/mol. The van der Waals surface area contributed by atoms with Crippen LogP contribution in [-0.2, 0) is 20.8 Å². The molecule has 0 aliphatic carbocycles. The minimum absolute atomic E-state index is 0.329. The fourth-order valence-corrected chi connectivity index (χ4v) is 2.16. The van der Waals surface area contributed by atoms with Gasteiger partial charge in [-0.05, 0) is 26.8 Å². The number of methoxy groups -OCH3 is 2. The second-order valence-corrected chi connectivity index (χ2v) is 5.06. The number of benzene rings is 1. The lowest BCUT2D eigenvalue weighted by Crippen LogP contribution is -2.23. The third-order valence-electron chi connectivity index (χ3n) is 2.98. The summed E-state index contributed by atoms with van der Waals surface area (Å²) in [6, 6.07) is 3.48. The smallest absolute Gasteiger partial charge is 0.411 e. The highest BCUT2D eigenvalue weighted by atomic mass is 16.6. The van der Waals surface area contributed by atoms with E-state index >= 15 is 0 Å². The van der Waals surface area contributed by atoms with Crippen molar-refractivity contribution in [2.45, 2.75) is 33.5 Å². The van der Waals surface area contributed by atoms with E-state index in [-0.39, 0.29) is 6.10 Å². The van der Waals surface area contributed by atoms with Crippen molar-refractivity contribution in [2.75, 3.05) is 39.4 Å². The van der Waals surface area contributed by atoms with Crippen molar-refractivity contribution in [3.05, 3.63) is 17.7 Å². The van der Waals surface area contributed by atoms with Crippen molar-refractivity contribution < 1.29 is 28.5 Å². The molecule has 136 valence electrons. The molecule has 0 aromatic heterocycles. The molecule has 7 heteroatoms. The molecule has 24 heavy (non-hydrogen) atoms. The highest BCUT2D eigenvalue weighted by Crippen LogP contribution is 2.35. The molecular formula is C17H27NO6. The van der Waals surface area contributed by atoms with Gasteiger partial charge in [-0.3, -0.25) is 5.32 Å². The zero-order valence-electron chi connectivity index (χ0n) is 15.0. The molecule has 0 fully saturated rings. The SMILES string of the molecule is CCOc1cc(NC(=O)OC(C)COC)cc(COC)c1OCC. The highest BCUT2D eigenvalue weighted by molar-refractivity contribution is 5.85. The van der Waals surface area contributed by atoms with Gasteiger partial charge >= 0.3 is 6.09 Å². The Hall–Kier alpha value is -1.99. The molecule has 0 aliphatic rings. The standard InChI is InChI=1S/C17H27NO6/c1-6-22-15-9-14(18-17(19)24-12(3)10-20-4)8-13(11-21-5)16(15)23-7-2/h8-9,12H,6-7,10-11H2,1-5H3,(H,18,19). The molecular weight excluding hydrogens is 314 g/mol. The molecule has 1 rings (SSSR count). The van der Waals surface area contributed by atoms with Crippen LogP contribution in [0, 0.1) is 0 Å². The highest BCUT2D eigenvalue weighted by Gasteiger charge is 2.16. The molecule has 0 spiro atoms. The molecule has 0 saturated heterocycles. The summed E-state index contributed by atoms with van der Waals surface area (Å²) in [6.45, 7) is 7.17. The van der Waals surface area contributed by atoms with E-state index in [1.54, 1.807) is 33.3 Å². The molecule has 0 aliphatic heterocycles. The Balaban J connectivity index is 2.99. The number of nitrogens with one attached hydrogen (secondary N) is 1. The van der Waals surface area contributed by atoms with E-state index < -0.39 is 6.09 Å². The molecule has 1 aromatic carbocycles. The Kier molecular flexibility index (Phi) is 8.96. The van der Waals surface area contributed by atoms with Gasteiger partial charge in [0.2, 0.25) is 0 Å². The van der Waals surface area contributed by atoms with Crippen LogP contribution in [0.3, 0.4) is 0 Å². The summed E-state index contributed by atoms with van der Waals surface area (Å²) >= 11 is 0. The van der Waals surface area contributed by atoms with Crippen molar-refractivity contribution in [3.63, 3.8) is 0 Å². The summed E-state index contributed by atoms with van der Waals surface area (Å²) in [7, 11) is 3.15. The van der Waals surface area contributed by atoms with Gasteiger partial charge in [0.05, 0.1) is 26.4 Å². The first kappa shape index (κ1) is 20.1. The van der Waals surface area contributed by atoms with Gasteiger partial charge in [-0.1, -0.05) is 0 Å². The molecule has 0 bridgehead atoms. The molecule has 1 atom stereocenters. The normalized spacial score (nSPS) is 11.7. The topological polar surface area (TPSA) is 75.3 Å². The zero-order chi connectivity index (χ0) is 17.9. The molecule has 1 unspecified atom stereocenters.